The van der Waals surface area contributed by atoms with E-state index in [2.05, 4.69) is 54.7 Å². The molecule has 212 valence electrons. The van der Waals surface area contributed by atoms with E-state index in [0.717, 1.165) is 36.1 Å². The summed E-state index contributed by atoms with van der Waals surface area (Å²) in [5, 5.41) is 4.30. The number of benzene rings is 1. The first-order valence-corrected chi connectivity index (χ1v) is 15.0. The number of likely N-dealkylation sites (N-methyl/N-ethyl adjacent to an activating group) is 1. The van der Waals surface area contributed by atoms with Gasteiger partial charge in [-0.3, -0.25) is 4.79 Å². The van der Waals surface area contributed by atoms with Gasteiger partial charge in [-0.2, -0.15) is 16.3 Å². The SMILES string of the molecule is CC/C(C)=C\C1=C(/N=C(\C)OC)N(C)CCN(Cc2ccc(OC(CCC(C)CC)c3ccsc3)cc2)C1=O. The number of hydrogen-bond acceptors (Lipinski definition) is 6. The molecule has 0 radical (unpaired) electrons. The fraction of sp³-hybridized carbons (Fsp3) is 0.500. The third kappa shape index (κ3) is 8.72. The second kappa shape index (κ2) is 14.9. The molecule has 0 fully saturated rings. The Balaban J connectivity index is 1.79. The Morgan fingerprint density at radius 1 is 1.13 bits per heavy atom. The highest BCUT2D eigenvalue weighted by Gasteiger charge is 2.27. The minimum atomic E-state index is -0.0160. The van der Waals surface area contributed by atoms with Crippen molar-refractivity contribution < 1.29 is 14.3 Å². The first kappa shape index (κ1) is 30.5. The molecule has 0 N–H and O–H groups in total. The van der Waals surface area contributed by atoms with Gasteiger partial charge in [0.25, 0.3) is 5.91 Å². The predicted octanol–water partition coefficient (Wildman–Crippen LogP) is 7.60. The third-order valence-corrected chi connectivity index (χ3v) is 8.14. The molecule has 0 spiro atoms. The van der Waals surface area contributed by atoms with E-state index in [1.54, 1.807) is 25.4 Å². The van der Waals surface area contributed by atoms with Crippen LogP contribution < -0.4 is 4.74 Å². The van der Waals surface area contributed by atoms with Crippen LogP contribution in [-0.2, 0) is 16.1 Å². The monoisotopic (exact) mass is 551 g/mol. The van der Waals surface area contributed by atoms with Crippen LogP contribution in [0.25, 0.3) is 0 Å². The van der Waals surface area contributed by atoms with Crippen molar-refractivity contribution in [2.45, 2.75) is 73.0 Å². The van der Waals surface area contributed by atoms with Gasteiger partial charge >= 0.3 is 0 Å². The summed E-state index contributed by atoms with van der Waals surface area (Å²) < 4.78 is 11.8. The molecule has 3 rings (SSSR count). The molecule has 1 amide bonds. The van der Waals surface area contributed by atoms with E-state index in [-0.39, 0.29) is 12.0 Å². The van der Waals surface area contributed by atoms with Crippen LogP contribution in [0.5, 0.6) is 5.75 Å². The Bertz CT molecular complexity index is 1150. The maximum absolute atomic E-state index is 13.8. The lowest BCUT2D eigenvalue weighted by atomic mass is 9.98. The van der Waals surface area contributed by atoms with E-state index >= 15 is 0 Å². The number of methoxy groups -OCH3 is 1. The van der Waals surface area contributed by atoms with Crippen molar-refractivity contribution in [3.05, 3.63) is 75.3 Å². The fourth-order valence-electron chi connectivity index (χ4n) is 4.37. The Morgan fingerprint density at radius 3 is 2.49 bits per heavy atom. The topological polar surface area (TPSA) is 54.4 Å². The van der Waals surface area contributed by atoms with Gasteiger partial charge in [-0.05, 0) is 72.7 Å². The van der Waals surface area contributed by atoms with Gasteiger partial charge in [0, 0.05) is 39.2 Å². The minimum Gasteiger partial charge on any atom is -0.486 e. The molecule has 39 heavy (non-hydrogen) atoms. The van der Waals surface area contributed by atoms with Gasteiger partial charge in [0.2, 0.25) is 0 Å². The number of carbonyl (C=O) groups excluding carboxylic acids is 1. The average molecular weight is 552 g/mol. The first-order chi connectivity index (χ1) is 18.7. The van der Waals surface area contributed by atoms with E-state index in [1.165, 1.54) is 12.0 Å². The lowest BCUT2D eigenvalue weighted by molar-refractivity contribution is -0.127. The second-order valence-corrected chi connectivity index (χ2v) is 11.2. The van der Waals surface area contributed by atoms with Crippen LogP contribution in [0.3, 0.4) is 0 Å². The molecule has 6 nitrogen and oxygen atoms in total. The highest BCUT2D eigenvalue weighted by Crippen LogP contribution is 2.30. The van der Waals surface area contributed by atoms with Crippen molar-refractivity contribution in [1.29, 1.82) is 0 Å². The van der Waals surface area contributed by atoms with Crippen molar-refractivity contribution in [3.63, 3.8) is 0 Å². The van der Waals surface area contributed by atoms with Crippen molar-refractivity contribution in [3.8, 4) is 5.75 Å². The van der Waals surface area contributed by atoms with Gasteiger partial charge in [0.1, 0.15) is 17.7 Å². The van der Waals surface area contributed by atoms with Gasteiger partial charge in [-0.1, -0.05) is 44.9 Å². The van der Waals surface area contributed by atoms with Crippen LogP contribution in [0, 0.1) is 5.92 Å². The Morgan fingerprint density at radius 2 is 1.87 bits per heavy atom. The Labute approximate surface area is 239 Å². The largest absolute Gasteiger partial charge is 0.486 e. The summed E-state index contributed by atoms with van der Waals surface area (Å²) in [5.74, 6) is 2.70. The summed E-state index contributed by atoms with van der Waals surface area (Å²) >= 11 is 1.71. The van der Waals surface area contributed by atoms with Crippen molar-refractivity contribution in [2.24, 2.45) is 10.9 Å². The molecule has 1 aliphatic heterocycles. The highest BCUT2D eigenvalue weighted by molar-refractivity contribution is 7.07. The summed E-state index contributed by atoms with van der Waals surface area (Å²) in [7, 11) is 3.57. The normalized spacial score (nSPS) is 16.8. The summed E-state index contributed by atoms with van der Waals surface area (Å²) in [6, 6.07) is 10.4. The molecule has 1 aliphatic rings. The van der Waals surface area contributed by atoms with Gasteiger partial charge in [0.05, 0.1) is 12.7 Å². The molecule has 7 heteroatoms. The Hall–Kier alpha value is -3.06. The van der Waals surface area contributed by atoms with Crippen molar-refractivity contribution >= 4 is 23.1 Å². The molecule has 0 bridgehead atoms. The molecule has 1 aromatic heterocycles. The lowest BCUT2D eigenvalue weighted by Crippen LogP contribution is -2.33. The van der Waals surface area contributed by atoms with Gasteiger partial charge in [-0.25, -0.2) is 0 Å². The molecular weight excluding hydrogens is 506 g/mol. The van der Waals surface area contributed by atoms with Gasteiger partial charge < -0.3 is 19.3 Å². The van der Waals surface area contributed by atoms with Gasteiger partial charge in [0.15, 0.2) is 5.90 Å². The van der Waals surface area contributed by atoms with E-state index < -0.39 is 0 Å². The third-order valence-electron chi connectivity index (χ3n) is 7.44. The quantitative estimate of drug-likeness (QED) is 0.201. The molecule has 0 saturated heterocycles. The molecule has 2 heterocycles. The number of ether oxygens (including phenoxy) is 2. The van der Waals surface area contributed by atoms with Crippen molar-refractivity contribution in [1.82, 2.24) is 9.80 Å². The number of nitrogens with zero attached hydrogens (tertiary/aromatic N) is 3. The zero-order valence-electron chi connectivity index (χ0n) is 24.7. The zero-order valence-corrected chi connectivity index (χ0v) is 25.5. The second-order valence-electron chi connectivity index (χ2n) is 10.5. The minimum absolute atomic E-state index is 0.0160. The maximum Gasteiger partial charge on any atom is 0.257 e. The number of amides is 1. The highest BCUT2D eigenvalue weighted by atomic mass is 32.1. The summed E-state index contributed by atoms with van der Waals surface area (Å²) in [5.41, 5.74) is 4.04. The summed E-state index contributed by atoms with van der Waals surface area (Å²) in [4.78, 5) is 22.4. The number of aliphatic imine (C=N–C) groups is 1. The molecule has 2 atom stereocenters. The molecule has 2 unspecified atom stereocenters. The number of carbonyl (C=O) groups is 1. The number of hydrogen-bond donors (Lipinski definition) is 0. The van der Waals surface area contributed by atoms with Crippen LogP contribution in [-0.4, -0.2) is 48.9 Å². The van der Waals surface area contributed by atoms with E-state index in [1.807, 2.05) is 42.0 Å². The predicted molar refractivity (Wildman–Crippen MR) is 162 cm³/mol. The van der Waals surface area contributed by atoms with E-state index in [9.17, 15) is 4.79 Å². The summed E-state index contributed by atoms with van der Waals surface area (Å²) in [6.45, 7) is 12.3. The van der Waals surface area contributed by atoms with E-state index in [0.29, 0.717) is 42.8 Å². The van der Waals surface area contributed by atoms with Crippen LogP contribution in [0.1, 0.15) is 77.5 Å². The van der Waals surface area contributed by atoms with E-state index in [4.69, 9.17) is 9.47 Å². The average Bonchev–Trinajstić information content (AvgIpc) is 3.46. The van der Waals surface area contributed by atoms with Crippen molar-refractivity contribution in [2.75, 3.05) is 27.2 Å². The zero-order chi connectivity index (χ0) is 28.4. The summed E-state index contributed by atoms with van der Waals surface area (Å²) in [6.07, 6.45) is 6.20. The molecule has 0 aliphatic carbocycles. The molecular formula is C32H45N3O3S. The van der Waals surface area contributed by atoms with Crippen LogP contribution >= 0.6 is 11.3 Å². The standard InChI is InChI=1S/C32H45N3O3S/c1-8-23(3)10-15-30(27-16-19-39-22-27)38-28-13-11-26(12-14-28)21-35-18-17-34(6)31(33-25(5)37-7)29(32(35)36)20-24(4)9-2/h11-14,16,19-20,22-23,30H,8-10,15,17-18,21H2,1-7H3/b24-20-,33-25+. The lowest BCUT2D eigenvalue weighted by Gasteiger charge is -2.23. The number of allylic oxidation sites excluding steroid dienone is 1. The molecule has 0 saturated carbocycles. The van der Waals surface area contributed by atoms with Crippen LogP contribution in [0.4, 0.5) is 0 Å². The molecule has 1 aromatic carbocycles. The van der Waals surface area contributed by atoms with Crippen LogP contribution in [0.15, 0.2) is 69.1 Å². The number of rotatable bonds is 12. The van der Waals surface area contributed by atoms with Crippen LogP contribution in [0.2, 0.25) is 0 Å². The smallest absolute Gasteiger partial charge is 0.257 e. The fourth-order valence-corrected chi connectivity index (χ4v) is 5.07. The maximum atomic E-state index is 13.8. The number of thiophene rings is 1. The van der Waals surface area contributed by atoms with Gasteiger partial charge in [-0.15, -0.1) is 0 Å². The first-order valence-electron chi connectivity index (χ1n) is 14.0. The molecule has 2 aromatic rings. The Kier molecular flexibility index (Phi) is 11.7.